The Morgan fingerprint density at radius 1 is 1.04 bits per heavy atom. The molecule has 0 spiro atoms. The fourth-order valence-corrected chi connectivity index (χ4v) is 3.10. The number of benzene rings is 2. The summed E-state index contributed by atoms with van der Waals surface area (Å²) >= 11 is 0. The van der Waals surface area contributed by atoms with Gasteiger partial charge in [-0.3, -0.25) is 9.59 Å². The van der Waals surface area contributed by atoms with Crippen molar-refractivity contribution < 1.29 is 9.59 Å². The lowest BCUT2D eigenvalue weighted by molar-refractivity contribution is -0.137. The largest absolute Gasteiger partial charge is 0.341 e. The maximum atomic E-state index is 12.4. The predicted octanol–water partition coefficient (Wildman–Crippen LogP) is 3.35. The molecular formula is C21H21N3O2. The minimum Gasteiger partial charge on any atom is -0.341 e. The van der Waals surface area contributed by atoms with Crippen LogP contribution >= 0.6 is 0 Å². The molecule has 1 saturated carbocycles. The Morgan fingerprint density at radius 2 is 1.73 bits per heavy atom. The van der Waals surface area contributed by atoms with Gasteiger partial charge >= 0.3 is 11.8 Å². The Balaban J connectivity index is 1.63. The van der Waals surface area contributed by atoms with Crippen LogP contribution in [0.25, 0.3) is 0 Å². The van der Waals surface area contributed by atoms with E-state index in [9.17, 15) is 9.59 Å². The van der Waals surface area contributed by atoms with Gasteiger partial charge in [-0.15, -0.1) is 0 Å². The summed E-state index contributed by atoms with van der Waals surface area (Å²) in [7, 11) is 0. The van der Waals surface area contributed by atoms with E-state index in [2.05, 4.69) is 16.7 Å². The molecule has 0 aromatic heterocycles. The normalized spacial score (nSPS) is 14.6. The number of nitriles is 1. The third-order valence-electron chi connectivity index (χ3n) is 4.77. The number of nitrogens with one attached hydrogen (secondary N) is 2. The van der Waals surface area contributed by atoms with E-state index in [1.165, 1.54) is 0 Å². The number of hydrogen-bond acceptors (Lipinski definition) is 3. The molecule has 2 aromatic rings. The molecule has 1 unspecified atom stereocenters. The standard InChI is InChI=1S/C21H21N3O2/c22-14-13-15-9-11-18(12-10-15)23-20(25)21(26)24-19(17-7-4-8-17)16-5-2-1-3-6-16/h1-3,5-6,9-12,17,19H,4,7-8,13H2,(H,23,25)(H,24,26). The zero-order chi connectivity index (χ0) is 18.4. The van der Waals surface area contributed by atoms with Crippen LogP contribution in [0.2, 0.25) is 0 Å². The summed E-state index contributed by atoms with van der Waals surface area (Å²) in [5.41, 5.74) is 2.43. The van der Waals surface area contributed by atoms with Crippen molar-refractivity contribution in [3.63, 3.8) is 0 Å². The van der Waals surface area contributed by atoms with E-state index in [4.69, 9.17) is 5.26 Å². The molecule has 1 aliphatic carbocycles. The molecule has 132 valence electrons. The number of amides is 2. The minimum absolute atomic E-state index is 0.138. The number of anilines is 1. The van der Waals surface area contributed by atoms with Crippen LogP contribution < -0.4 is 10.6 Å². The first-order chi connectivity index (χ1) is 12.7. The summed E-state index contributed by atoms with van der Waals surface area (Å²) in [6.45, 7) is 0. The second-order valence-electron chi connectivity index (χ2n) is 6.54. The maximum Gasteiger partial charge on any atom is 0.313 e. The van der Waals surface area contributed by atoms with Crippen LogP contribution in [0.15, 0.2) is 54.6 Å². The Bertz CT molecular complexity index is 805. The fourth-order valence-electron chi connectivity index (χ4n) is 3.10. The second kappa shape index (κ2) is 8.30. The van der Waals surface area contributed by atoms with Crippen LogP contribution in [0, 0.1) is 17.2 Å². The lowest BCUT2D eigenvalue weighted by Gasteiger charge is -2.34. The van der Waals surface area contributed by atoms with Crippen LogP contribution in [0.3, 0.4) is 0 Å². The van der Waals surface area contributed by atoms with Crippen molar-refractivity contribution in [2.75, 3.05) is 5.32 Å². The van der Waals surface area contributed by atoms with Crippen LogP contribution in [0.1, 0.15) is 36.4 Å². The Hall–Kier alpha value is -3.13. The summed E-state index contributed by atoms with van der Waals surface area (Å²) in [5, 5.41) is 14.2. The summed E-state index contributed by atoms with van der Waals surface area (Å²) in [6, 6.07) is 18.6. The molecule has 0 radical (unpaired) electrons. The van der Waals surface area contributed by atoms with E-state index >= 15 is 0 Å². The highest BCUT2D eigenvalue weighted by atomic mass is 16.2. The first kappa shape index (κ1) is 17.7. The molecule has 0 bridgehead atoms. The monoisotopic (exact) mass is 347 g/mol. The number of carbonyl (C=O) groups excluding carboxylic acids is 2. The van der Waals surface area contributed by atoms with Gasteiger partial charge < -0.3 is 10.6 Å². The van der Waals surface area contributed by atoms with Gasteiger partial charge in [-0.2, -0.15) is 5.26 Å². The smallest absolute Gasteiger partial charge is 0.313 e. The van der Waals surface area contributed by atoms with E-state index in [0.717, 1.165) is 30.4 Å². The van der Waals surface area contributed by atoms with E-state index in [-0.39, 0.29) is 6.04 Å². The number of hydrogen-bond donors (Lipinski definition) is 2. The topological polar surface area (TPSA) is 82.0 Å². The van der Waals surface area contributed by atoms with Crippen molar-refractivity contribution in [1.82, 2.24) is 5.32 Å². The number of rotatable bonds is 5. The molecule has 1 aliphatic rings. The molecule has 2 amide bonds. The van der Waals surface area contributed by atoms with Gasteiger partial charge in [-0.1, -0.05) is 48.9 Å². The molecule has 5 heteroatoms. The van der Waals surface area contributed by atoms with E-state index < -0.39 is 11.8 Å². The third-order valence-corrected chi connectivity index (χ3v) is 4.77. The van der Waals surface area contributed by atoms with Crippen molar-refractivity contribution in [2.45, 2.75) is 31.7 Å². The summed E-state index contributed by atoms with van der Waals surface area (Å²) in [5.74, 6) is -0.940. The van der Waals surface area contributed by atoms with Gasteiger partial charge in [0.25, 0.3) is 0 Å². The summed E-state index contributed by atoms with van der Waals surface area (Å²) in [4.78, 5) is 24.6. The Kier molecular flexibility index (Phi) is 5.65. The SMILES string of the molecule is N#CCc1ccc(NC(=O)C(=O)NC(c2ccccc2)C2CCC2)cc1. The molecule has 5 nitrogen and oxygen atoms in total. The van der Waals surface area contributed by atoms with Crippen molar-refractivity contribution >= 4 is 17.5 Å². The highest BCUT2D eigenvalue weighted by Gasteiger charge is 2.31. The molecule has 0 heterocycles. The Morgan fingerprint density at radius 3 is 2.31 bits per heavy atom. The third kappa shape index (κ3) is 4.28. The molecule has 1 atom stereocenters. The van der Waals surface area contributed by atoms with Gasteiger partial charge in [0.1, 0.15) is 0 Å². The van der Waals surface area contributed by atoms with Gasteiger partial charge in [-0.05, 0) is 42.0 Å². The van der Waals surface area contributed by atoms with Gasteiger partial charge in [0.15, 0.2) is 0 Å². The fraction of sp³-hybridized carbons (Fsp3) is 0.286. The zero-order valence-corrected chi connectivity index (χ0v) is 14.4. The average molecular weight is 347 g/mol. The molecule has 1 fully saturated rings. The molecule has 3 rings (SSSR count). The quantitative estimate of drug-likeness (QED) is 0.814. The molecule has 2 aromatic carbocycles. The van der Waals surface area contributed by atoms with Crippen molar-refractivity contribution in [3.8, 4) is 6.07 Å². The molecule has 2 N–H and O–H groups in total. The summed E-state index contributed by atoms with van der Waals surface area (Å²) < 4.78 is 0. The Labute approximate surface area is 153 Å². The summed E-state index contributed by atoms with van der Waals surface area (Å²) in [6.07, 6.45) is 3.59. The number of nitrogens with zero attached hydrogens (tertiary/aromatic N) is 1. The molecule has 0 aliphatic heterocycles. The van der Waals surface area contributed by atoms with E-state index in [1.807, 2.05) is 30.3 Å². The van der Waals surface area contributed by atoms with Gasteiger partial charge in [0.2, 0.25) is 0 Å². The highest BCUT2D eigenvalue weighted by Crippen LogP contribution is 2.37. The second-order valence-corrected chi connectivity index (χ2v) is 6.54. The van der Waals surface area contributed by atoms with E-state index in [0.29, 0.717) is 18.0 Å². The molecule has 26 heavy (non-hydrogen) atoms. The van der Waals surface area contributed by atoms with Gasteiger partial charge in [-0.25, -0.2) is 0 Å². The lowest BCUT2D eigenvalue weighted by Crippen LogP contribution is -2.41. The predicted molar refractivity (Wildman–Crippen MR) is 99.1 cm³/mol. The highest BCUT2D eigenvalue weighted by molar-refractivity contribution is 6.39. The lowest BCUT2D eigenvalue weighted by atomic mass is 9.77. The van der Waals surface area contributed by atoms with Crippen molar-refractivity contribution in [3.05, 3.63) is 65.7 Å². The van der Waals surface area contributed by atoms with E-state index in [1.54, 1.807) is 24.3 Å². The van der Waals surface area contributed by atoms with Gasteiger partial charge in [0.05, 0.1) is 18.5 Å². The minimum atomic E-state index is -0.682. The number of carbonyl (C=O) groups is 2. The molecule has 0 saturated heterocycles. The van der Waals surface area contributed by atoms with Gasteiger partial charge in [0, 0.05) is 5.69 Å². The van der Waals surface area contributed by atoms with Crippen molar-refractivity contribution in [1.29, 1.82) is 5.26 Å². The van der Waals surface area contributed by atoms with Crippen LogP contribution in [0.5, 0.6) is 0 Å². The van der Waals surface area contributed by atoms with Crippen LogP contribution in [-0.2, 0) is 16.0 Å². The maximum absolute atomic E-state index is 12.4. The first-order valence-electron chi connectivity index (χ1n) is 8.80. The molecular weight excluding hydrogens is 326 g/mol. The van der Waals surface area contributed by atoms with Crippen molar-refractivity contribution in [2.24, 2.45) is 5.92 Å². The average Bonchev–Trinajstić information content (AvgIpc) is 2.62. The van der Waals surface area contributed by atoms with Crippen LogP contribution in [-0.4, -0.2) is 11.8 Å². The first-order valence-corrected chi connectivity index (χ1v) is 8.80. The van der Waals surface area contributed by atoms with Crippen LogP contribution in [0.4, 0.5) is 5.69 Å². The zero-order valence-electron chi connectivity index (χ0n) is 14.4.